The highest BCUT2D eigenvalue weighted by Gasteiger charge is 2.29. The molecule has 0 saturated heterocycles. The monoisotopic (exact) mass is 193 g/mol. The zero-order chi connectivity index (χ0) is 10.1. The molecule has 0 radical (unpaired) electrons. The van der Waals surface area contributed by atoms with Crippen LogP contribution < -0.4 is 5.73 Å². The van der Waals surface area contributed by atoms with Crippen molar-refractivity contribution < 1.29 is 13.2 Å². The molecule has 13 heavy (non-hydrogen) atoms. The number of alkyl halides is 3. The van der Waals surface area contributed by atoms with Crippen molar-refractivity contribution in [3.63, 3.8) is 0 Å². The molecule has 1 rings (SSSR count). The predicted octanol–water partition coefficient (Wildman–Crippen LogP) is 1.47. The molecule has 0 aliphatic rings. The largest absolute Gasteiger partial charge is 0.406 e. The number of nitrogens with zero attached hydrogens (tertiary/aromatic N) is 2. The Morgan fingerprint density at radius 3 is 2.69 bits per heavy atom. The third-order valence-corrected chi connectivity index (χ3v) is 1.56. The summed E-state index contributed by atoms with van der Waals surface area (Å²) in [6, 6.07) is -0.440. The van der Waals surface area contributed by atoms with Crippen LogP contribution in [-0.4, -0.2) is 15.7 Å². The van der Waals surface area contributed by atoms with Crippen LogP contribution in [0, 0.1) is 0 Å². The highest BCUT2D eigenvalue weighted by atomic mass is 19.4. The number of rotatable bonds is 2. The number of halogens is 3. The van der Waals surface area contributed by atoms with E-state index in [0.717, 1.165) is 10.9 Å². The highest BCUT2D eigenvalue weighted by molar-refractivity contribution is 5.03. The SMILES string of the molecule is C[C@H](N)c1cncn1CC(F)(F)F. The minimum atomic E-state index is -4.23. The maximum Gasteiger partial charge on any atom is 0.406 e. The van der Waals surface area contributed by atoms with Crippen LogP contribution in [0.1, 0.15) is 18.7 Å². The summed E-state index contributed by atoms with van der Waals surface area (Å²) in [6.07, 6.45) is -1.76. The van der Waals surface area contributed by atoms with E-state index in [1.54, 1.807) is 6.92 Å². The van der Waals surface area contributed by atoms with E-state index in [9.17, 15) is 13.2 Å². The highest BCUT2D eigenvalue weighted by Crippen LogP contribution is 2.19. The second kappa shape index (κ2) is 3.37. The lowest BCUT2D eigenvalue weighted by atomic mass is 10.3. The van der Waals surface area contributed by atoms with Crippen LogP contribution in [0.25, 0.3) is 0 Å². The fourth-order valence-electron chi connectivity index (χ4n) is 1.04. The molecule has 0 unspecified atom stereocenters. The van der Waals surface area contributed by atoms with Crippen molar-refractivity contribution in [2.24, 2.45) is 5.73 Å². The molecule has 1 aromatic rings. The first-order chi connectivity index (χ1) is 5.90. The second-order valence-corrected chi connectivity index (χ2v) is 2.85. The van der Waals surface area contributed by atoms with E-state index in [4.69, 9.17) is 5.73 Å². The van der Waals surface area contributed by atoms with Gasteiger partial charge in [-0.25, -0.2) is 4.98 Å². The van der Waals surface area contributed by atoms with Gasteiger partial charge in [0.25, 0.3) is 0 Å². The fourth-order valence-corrected chi connectivity index (χ4v) is 1.04. The molecule has 1 aromatic heterocycles. The maximum atomic E-state index is 12.0. The number of aromatic nitrogens is 2. The molecule has 0 aliphatic carbocycles. The van der Waals surface area contributed by atoms with Gasteiger partial charge in [0.05, 0.1) is 12.0 Å². The lowest BCUT2D eigenvalue weighted by Gasteiger charge is -2.12. The summed E-state index contributed by atoms with van der Waals surface area (Å²) in [6.45, 7) is 0.577. The summed E-state index contributed by atoms with van der Waals surface area (Å²) in [5, 5.41) is 0. The van der Waals surface area contributed by atoms with Gasteiger partial charge in [0.2, 0.25) is 0 Å². The Bertz CT molecular complexity index is 277. The number of imidazole rings is 1. The van der Waals surface area contributed by atoms with E-state index in [0.29, 0.717) is 5.69 Å². The Labute approximate surface area is 73.4 Å². The lowest BCUT2D eigenvalue weighted by molar-refractivity contribution is -0.141. The van der Waals surface area contributed by atoms with Crippen molar-refractivity contribution >= 4 is 0 Å². The van der Waals surface area contributed by atoms with Crippen molar-refractivity contribution in [2.45, 2.75) is 25.7 Å². The Hall–Kier alpha value is -1.04. The minimum Gasteiger partial charge on any atom is -0.324 e. The molecule has 0 aliphatic heterocycles. The standard InChI is InChI=1S/C7H10F3N3/c1-5(11)6-2-12-4-13(6)3-7(8,9)10/h2,4-5H,3,11H2,1H3/t5-/m0/s1. The number of nitrogens with two attached hydrogens (primary N) is 1. The summed E-state index contributed by atoms with van der Waals surface area (Å²) in [5.74, 6) is 0. The smallest absolute Gasteiger partial charge is 0.324 e. The van der Waals surface area contributed by atoms with Crippen LogP contribution in [0.3, 0.4) is 0 Å². The fraction of sp³-hybridized carbons (Fsp3) is 0.571. The quantitative estimate of drug-likeness (QED) is 0.772. The molecule has 0 bridgehead atoms. The zero-order valence-corrected chi connectivity index (χ0v) is 7.04. The van der Waals surface area contributed by atoms with Crippen LogP contribution in [0.15, 0.2) is 12.5 Å². The van der Waals surface area contributed by atoms with Crippen LogP contribution >= 0.6 is 0 Å². The van der Waals surface area contributed by atoms with E-state index in [-0.39, 0.29) is 0 Å². The van der Waals surface area contributed by atoms with E-state index >= 15 is 0 Å². The molecule has 2 N–H and O–H groups in total. The summed E-state index contributed by atoms with van der Waals surface area (Å²) in [7, 11) is 0. The van der Waals surface area contributed by atoms with Crippen molar-refractivity contribution in [1.82, 2.24) is 9.55 Å². The number of hydrogen-bond acceptors (Lipinski definition) is 2. The average molecular weight is 193 g/mol. The van der Waals surface area contributed by atoms with Gasteiger partial charge < -0.3 is 10.3 Å². The van der Waals surface area contributed by atoms with Crippen LogP contribution in [0.4, 0.5) is 13.2 Å². The number of hydrogen-bond donors (Lipinski definition) is 1. The Balaban J connectivity index is 2.83. The maximum absolute atomic E-state index is 12.0. The van der Waals surface area contributed by atoms with E-state index < -0.39 is 18.8 Å². The third-order valence-electron chi connectivity index (χ3n) is 1.56. The van der Waals surface area contributed by atoms with Gasteiger partial charge in [-0.15, -0.1) is 0 Å². The lowest BCUT2D eigenvalue weighted by Crippen LogP contribution is -2.21. The molecule has 1 heterocycles. The second-order valence-electron chi connectivity index (χ2n) is 2.85. The normalized spacial score (nSPS) is 14.5. The molecule has 0 saturated carbocycles. The molecule has 0 aromatic carbocycles. The Morgan fingerprint density at radius 2 is 2.23 bits per heavy atom. The van der Waals surface area contributed by atoms with Crippen molar-refractivity contribution in [1.29, 1.82) is 0 Å². The van der Waals surface area contributed by atoms with Crippen molar-refractivity contribution in [3.05, 3.63) is 18.2 Å². The molecule has 74 valence electrons. The first-order valence-electron chi connectivity index (χ1n) is 3.72. The van der Waals surface area contributed by atoms with Crippen LogP contribution in [-0.2, 0) is 6.54 Å². The van der Waals surface area contributed by atoms with Gasteiger partial charge in [-0.05, 0) is 6.92 Å². The van der Waals surface area contributed by atoms with Crippen LogP contribution in [0.5, 0.6) is 0 Å². The van der Waals surface area contributed by atoms with Gasteiger partial charge in [0.1, 0.15) is 6.54 Å². The molecular formula is C7H10F3N3. The van der Waals surface area contributed by atoms with Crippen molar-refractivity contribution in [3.8, 4) is 0 Å². The first-order valence-corrected chi connectivity index (χ1v) is 3.72. The molecule has 0 fully saturated rings. The molecule has 6 heteroatoms. The summed E-state index contributed by atoms with van der Waals surface area (Å²) >= 11 is 0. The minimum absolute atomic E-state index is 0.386. The first kappa shape index (κ1) is 10.0. The van der Waals surface area contributed by atoms with Gasteiger partial charge in [-0.1, -0.05) is 0 Å². The van der Waals surface area contributed by atoms with Crippen molar-refractivity contribution in [2.75, 3.05) is 0 Å². The predicted molar refractivity (Wildman–Crippen MR) is 40.9 cm³/mol. The molecule has 3 nitrogen and oxygen atoms in total. The third kappa shape index (κ3) is 2.73. The Morgan fingerprint density at radius 1 is 1.62 bits per heavy atom. The molecule has 0 spiro atoms. The summed E-state index contributed by atoms with van der Waals surface area (Å²) in [5.41, 5.74) is 5.84. The summed E-state index contributed by atoms with van der Waals surface area (Å²) in [4.78, 5) is 3.61. The topological polar surface area (TPSA) is 43.8 Å². The average Bonchev–Trinajstić information content (AvgIpc) is 2.31. The van der Waals surface area contributed by atoms with Gasteiger partial charge >= 0.3 is 6.18 Å². The van der Waals surface area contributed by atoms with Gasteiger partial charge in [-0.2, -0.15) is 13.2 Å². The van der Waals surface area contributed by atoms with Gasteiger partial charge in [0.15, 0.2) is 0 Å². The molecule has 0 amide bonds. The molecular weight excluding hydrogens is 183 g/mol. The van der Waals surface area contributed by atoms with Gasteiger partial charge in [-0.3, -0.25) is 0 Å². The zero-order valence-electron chi connectivity index (χ0n) is 7.04. The van der Waals surface area contributed by atoms with E-state index in [1.807, 2.05) is 0 Å². The van der Waals surface area contributed by atoms with Crippen LogP contribution in [0.2, 0.25) is 0 Å². The molecule has 1 atom stereocenters. The Kier molecular flexibility index (Phi) is 2.60. The van der Waals surface area contributed by atoms with E-state index in [2.05, 4.69) is 4.98 Å². The van der Waals surface area contributed by atoms with E-state index in [1.165, 1.54) is 6.20 Å². The van der Waals surface area contributed by atoms with Gasteiger partial charge in [0, 0.05) is 12.2 Å². The summed E-state index contributed by atoms with van der Waals surface area (Å²) < 4.78 is 36.9.